The Balaban J connectivity index is 2.13. The summed E-state index contributed by atoms with van der Waals surface area (Å²) in [5.41, 5.74) is 0.553. The Morgan fingerprint density at radius 3 is 2.89 bits per heavy atom. The third-order valence-corrected chi connectivity index (χ3v) is 3.55. The zero-order valence-corrected chi connectivity index (χ0v) is 11.3. The average Bonchev–Trinajstić information content (AvgIpc) is 2.84. The predicted octanol–water partition coefficient (Wildman–Crippen LogP) is 0.978. The zero-order chi connectivity index (χ0) is 13.8. The molecular weight excluding hydrogens is 246 g/mol. The van der Waals surface area contributed by atoms with Crippen molar-refractivity contribution < 1.29 is 14.3 Å². The molecule has 1 saturated heterocycles. The third-order valence-electron chi connectivity index (χ3n) is 3.55. The second-order valence-corrected chi connectivity index (χ2v) is 4.82. The van der Waals surface area contributed by atoms with Crippen LogP contribution in [-0.4, -0.2) is 46.0 Å². The molecule has 1 unspecified atom stereocenters. The Hall–Kier alpha value is -1.85. The Morgan fingerprint density at radius 2 is 2.26 bits per heavy atom. The molecule has 2 heterocycles. The first kappa shape index (κ1) is 13.6. The number of rotatable bonds is 3. The smallest absolute Gasteiger partial charge is 0.307 e. The van der Waals surface area contributed by atoms with Crippen molar-refractivity contribution in [2.45, 2.75) is 31.7 Å². The van der Waals surface area contributed by atoms with Crippen LogP contribution in [0.5, 0.6) is 0 Å². The number of nitrogens with zero attached hydrogens (tertiary/aromatic N) is 3. The van der Waals surface area contributed by atoms with Gasteiger partial charge in [-0.05, 0) is 19.3 Å². The van der Waals surface area contributed by atoms with Crippen molar-refractivity contribution in [3.63, 3.8) is 0 Å². The number of amides is 1. The van der Waals surface area contributed by atoms with Crippen LogP contribution in [-0.2, 0) is 16.6 Å². The van der Waals surface area contributed by atoms with Gasteiger partial charge in [-0.1, -0.05) is 0 Å². The van der Waals surface area contributed by atoms with Crippen LogP contribution >= 0.6 is 0 Å². The summed E-state index contributed by atoms with van der Waals surface area (Å²) in [7, 11) is 3.16. The molecule has 104 valence electrons. The number of methoxy groups -OCH3 is 1. The maximum absolute atomic E-state index is 12.5. The first-order valence-electron chi connectivity index (χ1n) is 6.47. The van der Waals surface area contributed by atoms with Gasteiger partial charge >= 0.3 is 5.97 Å². The molecule has 0 spiro atoms. The van der Waals surface area contributed by atoms with E-state index in [1.165, 1.54) is 7.11 Å². The number of aromatic nitrogens is 2. The van der Waals surface area contributed by atoms with E-state index < -0.39 is 0 Å². The van der Waals surface area contributed by atoms with Crippen LogP contribution < -0.4 is 0 Å². The molecule has 1 fully saturated rings. The minimum atomic E-state index is -0.269. The number of piperidine rings is 1. The van der Waals surface area contributed by atoms with Crippen LogP contribution in [0.2, 0.25) is 0 Å². The van der Waals surface area contributed by atoms with E-state index in [0.29, 0.717) is 12.2 Å². The lowest BCUT2D eigenvalue weighted by molar-refractivity contribution is -0.142. The number of aryl methyl sites for hydroxylation is 1. The summed E-state index contributed by atoms with van der Waals surface area (Å²) >= 11 is 0. The van der Waals surface area contributed by atoms with E-state index in [2.05, 4.69) is 4.98 Å². The fourth-order valence-electron chi connectivity index (χ4n) is 2.47. The number of ether oxygens (including phenoxy) is 1. The maximum Gasteiger partial charge on any atom is 0.307 e. The Morgan fingerprint density at radius 1 is 1.47 bits per heavy atom. The molecule has 0 N–H and O–H groups in total. The van der Waals surface area contributed by atoms with Crippen molar-refractivity contribution in [3.8, 4) is 0 Å². The normalized spacial score (nSPS) is 19.3. The van der Waals surface area contributed by atoms with Crippen molar-refractivity contribution in [2.24, 2.45) is 7.05 Å². The quantitative estimate of drug-likeness (QED) is 0.764. The molecule has 1 amide bonds. The molecular formula is C13H19N3O3. The lowest BCUT2D eigenvalue weighted by Crippen LogP contribution is -2.45. The molecule has 1 aromatic heterocycles. The fourth-order valence-corrected chi connectivity index (χ4v) is 2.47. The van der Waals surface area contributed by atoms with Crippen LogP contribution in [0, 0.1) is 0 Å². The van der Waals surface area contributed by atoms with Crippen LogP contribution in [0.3, 0.4) is 0 Å². The monoisotopic (exact) mass is 265 g/mol. The van der Waals surface area contributed by atoms with Crippen LogP contribution in [0.25, 0.3) is 0 Å². The molecule has 2 rings (SSSR count). The van der Waals surface area contributed by atoms with Crippen LogP contribution in [0.15, 0.2) is 12.5 Å². The number of esters is 1. The molecule has 0 aliphatic carbocycles. The van der Waals surface area contributed by atoms with E-state index in [9.17, 15) is 9.59 Å². The van der Waals surface area contributed by atoms with Gasteiger partial charge in [0.15, 0.2) is 0 Å². The maximum atomic E-state index is 12.5. The second-order valence-electron chi connectivity index (χ2n) is 4.82. The number of hydrogen-bond donors (Lipinski definition) is 0. The van der Waals surface area contributed by atoms with Gasteiger partial charge in [-0.3, -0.25) is 9.59 Å². The van der Waals surface area contributed by atoms with Gasteiger partial charge in [0.2, 0.25) is 0 Å². The molecule has 1 atom stereocenters. The van der Waals surface area contributed by atoms with Gasteiger partial charge in [0.1, 0.15) is 5.69 Å². The zero-order valence-electron chi connectivity index (χ0n) is 11.3. The molecule has 1 aromatic rings. The Labute approximate surface area is 112 Å². The van der Waals surface area contributed by atoms with Gasteiger partial charge in [0.25, 0.3) is 5.91 Å². The molecule has 6 nitrogen and oxygen atoms in total. The lowest BCUT2D eigenvalue weighted by atomic mass is 9.99. The lowest BCUT2D eigenvalue weighted by Gasteiger charge is -2.35. The van der Waals surface area contributed by atoms with Crippen LogP contribution in [0.4, 0.5) is 0 Å². The summed E-state index contributed by atoms with van der Waals surface area (Å²) < 4.78 is 6.40. The molecule has 19 heavy (non-hydrogen) atoms. The highest BCUT2D eigenvalue weighted by Gasteiger charge is 2.30. The number of carbonyl (C=O) groups is 2. The first-order valence-corrected chi connectivity index (χ1v) is 6.47. The van der Waals surface area contributed by atoms with Crippen molar-refractivity contribution in [1.82, 2.24) is 14.5 Å². The minimum Gasteiger partial charge on any atom is -0.469 e. The largest absolute Gasteiger partial charge is 0.469 e. The topological polar surface area (TPSA) is 64.4 Å². The van der Waals surface area contributed by atoms with Crippen molar-refractivity contribution >= 4 is 11.9 Å². The molecule has 1 aliphatic rings. The van der Waals surface area contributed by atoms with E-state index in [1.54, 1.807) is 29.0 Å². The van der Waals surface area contributed by atoms with E-state index >= 15 is 0 Å². The fraction of sp³-hybridized carbons (Fsp3) is 0.615. The van der Waals surface area contributed by atoms with Crippen molar-refractivity contribution in [2.75, 3.05) is 13.7 Å². The summed E-state index contributed by atoms with van der Waals surface area (Å²) in [6, 6.07) is -0.0661. The molecule has 0 bridgehead atoms. The highest BCUT2D eigenvalue weighted by Crippen LogP contribution is 2.22. The average molecular weight is 265 g/mol. The van der Waals surface area contributed by atoms with Gasteiger partial charge in [-0.15, -0.1) is 0 Å². The predicted molar refractivity (Wildman–Crippen MR) is 68.5 cm³/mol. The summed E-state index contributed by atoms with van der Waals surface area (Å²) in [5.74, 6) is -0.330. The van der Waals surface area contributed by atoms with Gasteiger partial charge in [0, 0.05) is 19.6 Å². The summed E-state index contributed by atoms with van der Waals surface area (Å²) in [6.45, 7) is 0.686. The number of carbonyl (C=O) groups excluding carboxylic acids is 2. The summed E-state index contributed by atoms with van der Waals surface area (Å²) in [4.78, 5) is 29.6. The Kier molecular flexibility index (Phi) is 4.19. The molecule has 0 saturated carbocycles. The highest BCUT2D eigenvalue weighted by atomic mass is 16.5. The molecule has 0 aromatic carbocycles. The van der Waals surface area contributed by atoms with E-state index in [1.807, 2.05) is 0 Å². The number of likely N-dealkylation sites (tertiary alicyclic amines) is 1. The van der Waals surface area contributed by atoms with Crippen molar-refractivity contribution in [1.29, 1.82) is 0 Å². The molecule has 6 heteroatoms. The first-order chi connectivity index (χ1) is 9.13. The van der Waals surface area contributed by atoms with Gasteiger partial charge < -0.3 is 14.2 Å². The number of imidazole rings is 1. The van der Waals surface area contributed by atoms with E-state index in [4.69, 9.17) is 4.74 Å². The SMILES string of the molecule is COC(=O)CC1CCCCN1C(=O)c1cncn1C. The minimum absolute atomic E-state index is 0.0615. The highest BCUT2D eigenvalue weighted by molar-refractivity contribution is 5.93. The van der Waals surface area contributed by atoms with Gasteiger partial charge in [-0.2, -0.15) is 0 Å². The number of hydrogen-bond acceptors (Lipinski definition) is 4. The van der Waals surface area contributed by atoms with Crippen molar-refractivity contribution in [3.05, 3.63) is 18.2 Å². The van der Waals surface area contributed by atoms with Gasteiger partial charge in [-0.25, -0.2) is 4.98 Å². The van der Waals surface area contributed by atoms with E-state index in [-0.39, 0.29) is 24.3 Å². The summed E-state index contributed by atoms with van der Waals surface area (Å²) in [6.07, 6.45) is 6.29. The molecule has 0 radical (unpaired) electrons. The summed E-state index contributed by atoms with van der Waals surface area (Å²) in [5, 5.41) is 0. The third kappa shape index (κ3) is 2.94. The Bertz CT molecular complexity index is 469. The standard InChI is InChI=1S/C13H19N3O3/c1-15-9-14-8-11(15)13(18)16-6-4-3-5-10(16)7-12(17)19-2/h8-10H,3-7H2,1-2H3. The van der Waals surface area contributed by atoms with Crippen LogP contribution in [0.1, 0.15) is 36.2 Å². The second kappa shape index (κ2) is 5.86. The molecule has 1 aliphatic heterocycles. The van der Waals surface area contributed by atoms with Gasteiger partial charge in [0.05, 0.1) is 26.1 Å². The van der Waals surface area contributed by atoms with E-state index in [0.717, 1.165) is 19.3 Å².